The third-order valence-electron chi connectivity index (χ3n) is 17.3. The second kappa shape index (κ2) is 20.4. The molecule has 0 spiro atoms. The molecule has 22 heteroatoms. The highest BCUT2D eigenvalue weighted by Crippen LogP contribution is 2.48. The van der Waals surface area contributed by atoms with E-state index in [1.165, 1.54) is 46.5 Å². The second-order valence-electron chi connectivity index (χ2n) is 21.6. The fraction of sp³-hybridized carbons (Fsp3) is 0.279. The van der Waals surface area contributed by atoms with Crippen LogP contribution in [0.25, 0.3) is 0 Å². The van der Waals surface area contributed by atoms with Crippen LogP contribution in [-0.4, -0.2) is 108 Å². The van der Waals surface area contributed by atoms with E-state index in [2.05, 4.69) is 0 Å². The molecular formula is C61H50F4N8O8S2. The summed E-state index contributed by atoms with van der Waals surface area (Å²) in [5, 5.41) is 14.5. The highest BCUT2D eigenvalue weighted by atomic mass is 32.2. The number of fused-ring (bicyclic) bond motifs is 10. The second-order valence-corrected chi connectivity index (χ2v) is 23.7. The molecule has 0 bridgehead atoms. The Morgan fingerprint density at radius 3 is 1.51 bits per heavy atom. The number of aromatic nitrogens is 2. The molecule has 4 unspecified atom stereocenters. The van der Waals surface area contributed by atoms with Crippen molar-refractivity contribution in [3.05, 3.63) is 222 Å². The normalized spacial score (nSPS) is 22.7. The molecule has 5 aromatic carbocycles. The highest BCUT2D eigenvalue weighted by molar-refractivity contribution is 7.98. The summed E-state index contributed by atoms with van der Waals surface area (Å²) in [5.41, 5.74) is 2.71. The van der Waals surface area contributed by atoms with Crippen molar-refractivity contribution in [2.24, 2.45) is 0 Å². The van der Waals surface area contributed by atoms with Gasteiger partial charge in [0.05, 0.1) is 37.3 Å². The number of hydrogen-bond donors (Lipinski definition) is 1. The summed E-state index contributed by atoms with van der Waals surface area (Å²) in [6.45, 7) is 1.02. The fourth-order valence-electron chi connectivity index (χ4n) is 13.3. The number of nitrogens with zero attached hydrogens (tertiary/aromatic N) is 8. The zero-order valence-electron chi connectivity index (χ0n) is 44.1. The van der Waals surface area contributed by atoms with Crippen LogP contribution in [0.5, 0.6) is 11.5 Å². The van der Waals surface area contributed by atoms with Gasteiger partial charge in [-0.2, -0.15) is 0 Å². The van der Waals surface area contributed by atoms with Gasteiger partial charge >= 0.3 is 0 Å². The Morgan fingerprint density at radius 2 is 0.976 bits per heavy atom. The van der Waals surface area contributed by atoms with Crippen LogP contribution < -0.4 is 25.6 Å². The molecule has 4 amide bonds. The molecule has 2 aromatic heterocycles. The van der Waals surface area contributed by atoms with E-state index in [9.17, 15) is 42.7 Å². The lowest BCUT2D eigenvalue weighted by Crippen LogP contribution is -2.70. The number of hydrogen-bond acceptors (Lipinski definition) is 12. The largest absolute Gasteiger partial charge is 0.502 e. The van der Waals surface area contributed by atoms with E-state index in [1.807, 2.05) is 93.8 Å². The maximum Gasteiger partial charge on any atom is 0.278 e. The number of ether oxygens (including phenoxy) is 1. The van der Waals surface area contributed by atoms with Crippen LogP contribution in [0.3, 0.4) is 0 Å². The average molecular weight is 1160 g/mol. The van der Waals surface area contributed by atoms with Gasteiger partial charge in [0.15, 0.2) is 46.2 Å². The Morgan fingerprint density at radius 1 is 0.506 bits per heavy atom. The van der Waals surface area contributed by atoms with Crippen molar-refractivity contribution >= 4 is 47.2 Å². The molecule has 4 fully saturated rings. The Labute approximate surface area is 480 Å². The lowest BCUT2D eigenvalue weighted by molar-refractivity contribution is -0.132. The molecule has 10 heterocycles. The van der Waals surface area contributed by atoms with E-state index >= 15 is 8.78 Å². The fourth-order valence-corrected chi connectivity index (χ4v) is 15.6. The molecule has 1 N–H and O–H groups in total. The topological polar surface area (TPSA) is 161 Å². The number of benzene rings is 5. The van der Waals surface area contributed by atoms with E-state index < -0.39 is 70.2 Å². The Kier molecular flexibility index (Phi) is 12.9. The van der Waals surface area contributed by atoms with Gasteiger partial charge in [-0.15, -0.1) is 23.5 Å². The number of aromatic hydroxyl groups is 1. The lowest BCUT2D eigenvalue weighted by Gasteiger charge is -2.54. The van der Waals surface area contributed by atoms with Gasteiger partial charge in [0, 0.05) is 82.9 Å². The van der Waals surface area contributed by atoms with Gasteiger partial charge in [0.1, 0.15) is 18.9 Å². The van der Waals surface area contributed by atoms with E-state index in [4.69, 9.17) is 4.74 Å². The lowest BCUT2D eigenvalue weighted by atomic mass is 9.92. The maximum atomic E-state index is 15.5. The summed E-state index contributed by atoms with van der Waals surface area (Å²) in [4.78, 5) is 88.4. The van der Waals surface area contributed by atoms with Crippen LogP contribution in [0.1, 0.15) is 97.7 Å². The Bertz CT molecular complexity index is 4020. The summed E-state index contributed by atoms with van der Waals surface area (Å²) in [6.07, 6.45) is 3.64. The number of pyridine rings is 2. The smallest absolute Gasteiger partial charge is 0.278 e. The molecule has 4 saturated heterocycles. The van der Waals surface area contributed by atoms with Crippen LogP contribution in [0, 0.1) is 23.3 Å². The minimum atomic E-state index is -0.950. The quantitative estimate of drug-likeness (QED) is 0.167. The molecule has 6 atom stereocenters. The maximum absolute atomic E-state index is 15.5. The summed E-state index contributed by atoms with van der Waals surface area (Å²) in [6, 6.07) is 30.8. The van der Waals surface area contributed by atoms with E-state index in [0.29, 0.717) is 36.8 Å². The van der Waals surface area contributed by atoms with Gasteiger partial charge in [-0.1, -0.05) is 78.9 Å². The molecular weight excluding hydrogens is 1110 g/mol. The van der Waals surface area contributed by atoms with Crippen molar-refractivity contribution in [1.29, 1.82) is 0 Å². The van der Waals surface area contributed by atoms with Crippen molar-refractivity contribution in [2.45, 2.75) is 90.1 Å². The number of carbonyl (C=O) groups excluding carboxylic acids is 4. The number of thioether (sulfide) groups is 2. The van der Waals surface area contributed by atoms with Crippen molar-refractivity contribution in [2.75, 3.05) is 36.2 Å². The molecule has 7 aromatic rings. The molecule has 8 aliphatic rings. The molecule has 15 rings (SSSR count). The van der Waals surface area contributed by atoms with Gasteiger partial charge in [-0.25, -0.2) is 17.6 Å². The Hall–Kier alpha value is -8.50. The summed E-state index contributed by atoms with van der Waals surface area (Å²) >= 11 is 2.81. The van der Waals surface area contributed by atoms with Crippen molar-refractivity contribution in [3.63, 3.8) is 0 Å². The Balaban J connectivity index is 0.000000150. The monoisotopic (exact) mass is 1160 g/mol. The average Bonchev–Trinajstić information content (AvgIpc) is 2.46. The third kappa shape index (κ3) is 8.48. The van der Waals surface area contributed by atoms with Gasteiger partial charge in [0.25, 0.3) is 11.8 Å². The highest BCUT2D eigenvalue weighted by Gasteiger charge is 2.53. The SMILES string of the molecule is O=C1c2c(O)c(=O)ccn2N(C2c3ccccc3SCc3c2ccc(F)c3F)C2CN3C(=O)CC[C@H]3CN12.O=C1c2c(OCc3ccccc3)c(=O)ccn2N(C2c3ccccc3SCc3c2ccc(F)c3F)C2CN3C(=O)CC[C@H]3CN12. The van der Waals surface area contributed by atoms with Crippen molar-refractivity contribution in [3.8, 4) is 11.5 Å². The zero-order valence-corrected chi connectivity index (χ0v) is 45.7. The first-order valence-electron chi connectivity index (χ1n) is 27.3. The molecule has 0 aliphatic carbocycles. The van der Waals surface area contributed by atoms with Gasteiger partial charge in [-0.05, 0) is 64.9 Å². The standard InChI is InChI=1S/C34H28F2N4O4S.C27H22F2N4O4S/c35-25-12-11-22-24(30(25)36)19-45-27-9-5-4-8-23(27)31(22)40-28-17-37-21(10-13-29(37)42)16-38(28)34(43)32-33(26(41)14-15-39(32)40)44-18-20-6-2-1-3-7-20;28-18-7-6-15-17(23(18)29)13-38-20-4-2-1-3-16(20)24(15)33-21-12-30-14(5-8-22(30)35)11-31(21)27(37)25-26(36)19(34)9-10-32(25)33/h1-9,11-12,14-15,21,28,31H,10,13,16-19H2;1-4,6-7,9-10,14,21,24,36H,5,8,11-13H2/t21-,28?,31?;14-,21?,24?/m00/s1. The van der Waals surface area contributed by atoms with E-state index in [1.54, 1.807) is 37.7 Å². The first-order valence-corrected chi connectivity index (χ1v) is 29.2. The van der Waals surface area contributed by atoms with Gasteiger partial charge < -0.3 is 29.4 Å². The summed E-state index contributed by atoms with van der Waals surface area (Å²) < 4.78 is 69.1. The number of amides is 4. The van der Waals surface area contributed by atoms with Gasteiger partial charge in [0.2, 0.25) is 22.7 Å². The van der Waals surface area contributed by atoms with Crippen LogP contribution in [0.4, 0.5) is 17.6 Å². The summed E-state index contributed by atoms with van der Waals surface area (Å²) in [5.74, 6) is -4.93. The zero-order chi connectivity index (χ0) is 57.1. The van der Waals surface area contributed by atoms with Gasteiger partial charge in [-0.3, -0.25) is 48.1 Å². The molecule has 16 nitrogen and oxygen atoms in total. The van der Waals surface area contributed by atoms with Crippen LogP contribution in [0.15, 0.2) is 147 Å². The third-order valence-corrected chi connectivity index (χ3v) is 19.5. The predicted octanol–water partition coefficient (Wildman–Crippen LogP) is 7.78. The minimum Gasteiger partial charge on any atom is -0.502 e. The number of halogens is 4. The molecule has 0 radical (unpaired) electrons. The van der Waals surface area contributed by atoms with Crippen molar-refractivity contribution in [1.82, 2.24) is 29.0 Å². The molecule has 422 valence electrons. The first-order chi connectivity index (χ1) is 40.2. The summed E-state index contributed by atoms with van der Waals surface area (Å²) in [7, 11) is 0. The van der Waals surface area contributed by atoms with E-state index in [-0.39, 0.29) is 102 Å². The number of carbonyl (C=O) groups is 4. The van der Waals surface area contributed by atoms with Crippen LogP contribution in [0.2, 0.25) is 0 Å². The molecule has 83 heavy (non-hydrogen) atoms. The van der Waals surface area contributed by atoms with E-state index in [0.717, 1.165) is 38.6 Å². The first kappa shape index (κ1) is 52.6. The number of rotatable bonds is 5. The molecule has 0 saturated carbocycles. The van der Waals surface area contributed by atoms with Crippen LogP contribution in [-0.2, 0) is 27.7 Å². The van der Waals surface area contributed by atoms with Crippen molar-refractivity contribution < 1.29 is 46.6 Å². The number of piperazine rings is 2. The molecule has 8 aliphatic heterocycles. The van der Waals surface area contributed by atoms with Crippen LogP contribution >= 0.6 is 23.5 Å². The minimum absolute atomic E-state index is 0.000868. The predicted molar refractivity (Wildman–Crippen MR) is 298 cm³/mol.